The molecule has 0 spiro atoms. The molecular weight excluding hydrogens is 176 g/mol. The second kappa shape index (κ2) is 4.16. The van der Waals surface area contributed by atoms with Gasteiger partial charge in [0.15, 0.2) is 0 Å². The summed E-state index contributed by atoms with van der Waals surface area (Å²) in [6, 6.07) is 3.89. The van der Waals surface area contributed by atoms with Crippen molar-refractivity contribution in [1.82, 2.24) is 9.88 Å². The van der Waals surface area contributed by atoms with Gasteiger partial charge in [0.1, 0.15) is 5.88 Å². The van der Waals surface area contributed by atoms with Crippen molar-refractivity contribution in [3.63, 3.8) is 0 Å². The van der Waals surface area contributed by atoms with Crippen molar-refractivity contribution in [2.45, 2.75) is 6.54 Å². The smallest absolute Gasteiger partial charge is 0.235 e. The molecule has 0 unspecified atom stereocenters. The predicted octanol–water partition coefficient (Wildman–Crippen LogP) is 0.880. The molecule has 3 nitrogen and oxygen atoms in total. The Morgan fingerprint density at radius 1 is 1.75 bits per heavy atom. The van der Waals surface area contributed by atoms with Crippen LogP contribution in [0.5, 0.6) is 0 Å². The highest BCUT2D eigenvalue weighted by atomic mass is 35.5. The van der Waals surface area contributed by atoms with E-state index in [2.05, 4.69) is 5.32 Å². The number of aryl methyl sites for hydroxylation is 1. The molecule has 1 heterocycles. The molecule has 0 radical (unpaired) electrons. The highest BCUT2D eigenvalue weighted by molar-refractivity contribution is 6.27. The fraction of sp³-hybridized carbons (Fsp3) is 0.375. The van der Waals surface area contributed by atoms with Crippen LogP contribution in [-0.4, -0.2) is 16.4 Å². The van der Waals surface area contributed by atoms with Gasteiger partial charge >= 0.3 is 0 Å². The van der Waals surface area contributed by atoms with Crippen molar-refractivity contribution in [3.05, 3.63) is 24.0 Å². The Hall–Kier alpha value is -0.960. The number of hydrogen-bond acceptors (Lipinski definition) is 1. The average molecular weight is 187 g/mol. The monoisotopic (exact) mass is 186 g/mol. The summed E-state index contributed by atoms with van der Waals surface area (Å²) in [4.78, 5) is 10.8. The Balaban J connectivity index is 2.43. The van der Waals surface area contributed by atoms with Gasteiger partial charge in [-0.1, -0.05) is 0 Å². The van der Waals surface area contributed by atoms with E-state index in [9.17, 15) is 4.79 Å². The van der Waals surface area contributed by atoms with Gasteiger partial charge in [0, 0.05) is 18.9 Å². The molecule has 1 amide bonds. The minimum atomic E-state index is -0.141. The number of alkyl halides is 1. The fourth-order valence-corrected chi connectivity index (χ4v) is 1.01. The van der Waals surface area contributed by atoms with E-state index in [1.165, 1.54) is 0 Å². The number of carbonyl (C=O) groups is 1. The third-order valence-electron chi connectivity index (χ3n) is 1.64. The van der Waals surface area contributed by atoms with Crippen LogP contribution in [0, 0.1) is 0 Å². The molecule has 0 aliphatic carbocycles. The van der Waals surface area contributed by atoms with Crippen LogP contribution >= 0.6 is 11.6 Å². The first-order valence-corrected chi connectivity index (χ1v) is 4.20. The van der Waals surface area contributed by atoms with Gasteiger partial charge in [-0.15, -0.1) is 11.6 Å². The fourth-order valence-electron chi connectivity index (χ4n) is 0.917. The number of amides is 1. The molecule has 1 rings (SSSR count). The summed E-state index contributed by atoms with van der Waals surface area (Å²) in [6.07, 6.45) is 1.93. The van der Waals surface area contributed by atoms with E-state index < -0.39 is 0 Å². The first kappa shape index (κ1) is 9.13. The lowest BCUT2D eigenvalue weighted by Crippen LogP contribution is -2.24. The van der Waals surface area contributed by atoms with Crippen LogP contribution in [0.2, 0.25) is 0 Å². The largest absolute Gasteiger partial charge is 0.353 e. The molecule has 4 heteroatoms. The molecule has 0 fully saturated rings. The highest BCUT2D eigenvalue weighted by Gasteiger charge is 1.99. The quantitative estimate of drug-likeness (QED) is 0.699. The molecule has 0 aliphatic rings. The Morgan fingerprint density at radius 3 is 3.00 bits per heavy atom. The number of nitrogens with zero attached hydrogens (tertiary/aromatic N) is 1. The van der Waals surface area contributed by atoms with Crippen molar-refractivity contribution in [1.29, 1.82) is 0 Å². The number of halogens is 1. The number of hydrogen-bond donors (Lipinski definition) is 1. The molecule has 0 aliphatic heterocycles. The van der Waals surface area contributed by atoms with Crippen molar-refractivity contribution >= 4 is 17.5 Å². The van der Waals surface area contributed by atoms with E-state index in [4.69, 9.17) is 11.6 Å². The van der Waals surface area contributed by atoms with Gasteiger partial charge in [-0.05, 0) is 12.1 Å². The lowest BCUT2D eigenvalue weighted by atomic mass is 10.4. The van der Waals surface area contributed by atoms with Crippen LogP contribution in [0.4, 0.5) is 0 Å². The van der Waals surface area contributed by atoms with Crippen molar-refractivity contribution in [2.75, 3.05) is 5.88 Å². The molecule has 12 heavy (non-hydrogen) atoms. The van der Waals surface area contributed by atoms with Crippen LogP contribution < -0.4 is 5.32 Å². The summed E-state index contributed by atoms with van der Waals surface area (Å²) in [5, 5.41) is 2.68. The summed E-state index contributed by atoms with van der Waals surface area (Å²) in [5.74, 6) is -0.123. The first-order valence-electron chi connectivity index (χ1n) is 3.67. The number of carbonyl (C=O) groups excluding carboxylic acids is 1. The Bertz CT molecular complexity index is 270. The van der Waals surface area contributed by atoms with Gasteiger partial charge in [0.25, 0.3) is 0 Å². The van der Waals surface area contributed by atoms with E-state index in [-0.39, 0.29) is 11.8 Å². The lowest BCUT2D eigenvalue weighted by Gasteiger charge is -2.03. The van der Waals surface area contributed by atoms with Crippen molar-refractivity contribution in [3.8, 4) is 0 Å². The van der Waals surface area contributed by atoms with E-state index in [1.54, 1.807) is 0 Å². The van der Waals surface area contributed by atoms with Gasteiger partial charge in [0.05, 0.1) is 6.54 Å². The van der Waals surface area contributed by atoms with Gasteiger partial charge < -0.3 is 9.88 Å². The lowest BCUT2D eigenvalue weighted by molar-refractivity contribution is -0.118. The zero-order chi connectivity index (χ0) is 8.97. The Kier molecular flexibility index (Phi) is 3.17. The van der Waals surface area contributed by atoms with Crippen LogP contribution in [-0.2, 0) is 18.4 Å². The Labute approximate surface area is 76.3 Å². The molecule has 0 bridgehead atoms. The van der Waals surface area contributed by atoms with E-state index >= 15 is 0 Å². The van der Waals surface area contributed by atoms with Crippen molar-refractivity contribution < 1.29 is 4.79 Å². The second-order valence-electron chi connectivity index (χ2n) is 2.52. The minimum absolute atomic E-state index is 0.0183. The molecular formula is C8H11ClN2O. The molecule has 0 saturated heterocycles. The van der Waals surface area contributed by atoms with Gasteiger partial charge in [-0.3, -0.25) is 4.79 Å². The third-order valence-corrected chi connectivity index (χ3v) is 1.88. The van der Waals surface area contributed by atoms with Crippen LogP contribution in [0.25, 0.3) is 0 Å². The molecule has 1 aromatic rings. The topological polar surface area (TPSA) is 34.0 Å². The first-order chi connectivity index (χ1) is 5.74. The van der Waals surface area contributed by atoms with E-state index in [0.717, 1.165) is 5.69 Å². The second-order valence-corrected chi connectivity index (χ2v) is 2.79. The average Bonchev–Trinajstić information content (AvgIpc) is 2.47. The summed E-state index contributed by atoms with van der Waals surface area (Å²) < 4.78 is 1.95. The summed E-state index contributed by atoms with van der Waals surface area (Å²) in [5.41, 5.74) is 1.06. The van der Waals surface area contributed by atoms with E-state index in [0.29, 0.717) is 6.54 Å². The van der Waals surface area contributed by atoms with Crippen LogP contribution in [0.15, 0.2) is 18.3 Å². The number of nitrogens with one attached hydrogen (secondary N) is 1. The number of rotatable bonds is 3. The van der Waals surface area contributed by atoms with E-state index in [1.807, 2.05) is 29.9 Å². The molecule has 1 N–H and O–H groups in total. The third kappa shape index (κ3) is 2.27. The summed E-state index contributed by atoms with van der Waals surface area (Å²) >= 11 is 5.31. The zero-order valence-corrected chi connectivity index (χ0v) is 7.64. The normalized spacial score (nSPS) is 9.83. The summed E-state index contributed by atoms with van der Waals surface area (Å²) in [6.45, 7) is 0.537. The van der Waals surface area contributed by atoms with Crippen molar-refractivity contribution in [2.24, 2.45) is 7.05 Å². The van der Waals surface area contributed by atoms with Gasteiger partial charge in [-0.25, -0.2) is 0 Å². The van der Waals surface area contributed by atoms with Gasteiger partial charge in [-0.2, -0.15) is 0 Å². The molecule has 0 atom stereocenters. The molecule has 0 saturated carbocycles. The minimum Gasteiger partial charge on any atom is -0.353 e. The molecule has 66 valence electrons. The SMILES string of the molecule is Cn1cccc1CNC(=O)CCl. The number of aromatic nitrogens is 1. The molecule has 0 aromatic carbocycles. The van der Waals surface area contributed by atoms with Gasteiger partial charge in [0.2, 0.25) is 5.91 Å². The maximum Gasteiger partial charge on any atom is 0.235 e. The standard InChI is InChI=1S/C8H11ClN2O/c1-11-4-2-3-7(11)6-10-8(12)5-9/h2-4H,5-6H2,1H3,(H,10,12). The highest BCUT2D eigenvalue weighted by Crippen LogP contribution is 1.97. The van der Waals surface area contributed by atoms with Crippen LogP contribution in [0.1, 0.15) is 5.69 Å². The zero-order valence-electron chi connectivity index (χ0n) is 6.88. The maximum atomic E-state index is 10.8. The summed E-state index contributed by atoms with van der Waals surface area (Å²) in [7, 11) is 1.93. The predicted molar refractivity (Wildman–Crippen MR) is 48.0 cm³/mol. The maximum absolute atomic E-state index is 10.8. The Morgan fingerprint density at radius 2 is 2.50 bits per heavy atom. The van der Waals surface area contributed by atoms with Crippen LogP contribution in [0.3, 0.4) is 0 Å². The molecule has 1 aromatic heterocycles.